The van der Waals surface area contributed by atoms with Gasteiger partial charge in [-0.25, -0.2) is 0 Å². The molecular formula is C14H26N2O2. The Kier molecular flexibility index (Phi) is 5.01. The molecule has 0 aromatic heterocycles. The Hall–Kier alpha value is -0.610. The van der Waals surface area contributed by atoms with E-state index in [0.29, 0.717) is 12.0 Å². The summed E-state index contributed by atoms with van der Waals surface area (Å²) >= 11 is 0. The van der Waals surface area contributed by atoms with Gasteiger partial charge in [-0.1, -0.05) is 0 Å². The summed E-state index contributed by atoms with van der Waals surface area (Å²) in [6.07, 6.45) is 4.94. The lowest BCUT2D eigenvalue weighted by molar-refractivity contribution is -0.139. The summed E-state index contributed by atoms with van der Waals surface area (Å²) in [4.78, 5) is 14.3. The second-order valence-electron chi connectivity index (χ2n) is 5.76. The van der Waals surface area contributed by atoms with Crippen molar-refractivity contribution in [3.8, 4) is 0 Å². The number of amides is 1. The molecule has 4 nitrogen and oxygen atoms in total. The Morgan fingerprint density at radius 3 is 2.89 bits per heavy atom. The summed E-state index contributed by atoms with van der Waals surface area (Å²) in [5.74, 6) is 0.820. The molecule has 1 N–H and O–H groups in total. The van der Waals surface area contributed by atoms with Gasteiger partial charge in [0.25, 0.3) is 0 Å². The lowest BCUT2D eigenvalue weighted by atomic mass is 9.90. The van der Waals surface area contributed by atoms with Gasteiger partial charge in [-0.2, -0.15) is 0 Å². The molecule has 2 saturated heterocycles. The molecule has 0 radical (unpaired) electrons. The van der Waals surface area contributed by atoms with Gasteiger partial charge in [-0.15, -0.1) is 0 Å². The third-order valence-corrected chi connectivity index (χ3v) is 4.04. The van der Waals surface area contributed by atoms with Gasteiger partial charge >= 0.3 is 0 Å². The molecule has 104 valence electrons. The molecule has 0 aromatic carbocycles. The van der Waals surface area contributed by atoms with E-state index in [-0.39, 0.29) is 18.6 Å². The van der Waals surface area contributed by atoms with Crippen molar-refractivity contribution in [2.45, 2.75) is 51.7 Å². The number of likely N-dealkylation sites (tertiary alicyclic amines) is 1. The van der Waals surface area contributed by atoms with Gasteiger partial charge < -0.3 is 15.0 Å². The second-order valence-corrected chi connectivity index (χ2v) is 5.76. The molecular weight excluding hydrogens is 228 g/mol. The molecule has 2 heterocycles. The van der Waals surface area contributed by atoms with Crippen molar-refractivity contribution in [1.29, 1.82) is 0 Å². The van der Waals surface area contributed by atoms with Crippen molar-refractivity contribution in [3.05, 3.63) is 0 Å². The molecule has 1 amide bonds. The molecule has 18 heavy (non-hydrogen) atoms. The van der Waals surface area contributed by atoms with E-state index in [1.807, 2.05) is 13.8 Å². The van der Waals surface area contributed by atoms with Crippen LogP contribution in [0.5, 0.6) is 0 Å². The Bertz CT molecular complexity index is 275. The van der Waals surface area contributed by atoms with Crippen molar-refractivity contribution in [2.24, 2.45) is 5.92 Å². The number of hydrogen-bond donors (Lipinski definition) is 1. The van der Waals surface area contributed by atoms with Crippen LogP contribution in [0.1, 0.15) is 39.5 Å². The third-order valence-electron chi connectivity index (χ3n) is 4.04. The van der Waals surface area contributed by atoms with E-state index in [0.717, 1.165) is 26.1 Å². The molecule has 0 spiro atoms. The average molecular weight is 254 g/mol. The number of ether oxygens (including phenoxy) is 1. The van der Waals surface area contributed by atoms with E-state index >= 15 is 0 Å². The minimum atomic E-state index is 0.131. The highest BCUT2D eigenvalue weighted by Gasteiger charge is 2.34. The largest absolute Gasteiger partial charge is 0.369 e. The topological polar surface area (TPSA) is 41.6 Å². The quantitative estimate of drug-likeness (QED) is 0.824. The molecule has 0 aromatic rings. The van der Waals surface area contributed by atoms with Crippen molar-refractivity contribution in [2.75, 3.05) is 26.2 Å². The third kappa shape index (κ3) is 3.45. The van der Waals surface area contributed by atoms with Crippen LogP contribution in [0.15, 0.2) is 0 Å². The molecule has 2 rings (SSSR count). The van der Waals surface area contributed by atoms with Crippen molar-refractivity contribution < 1.29 is 9.53 Å². The fraction of sp³-hybridized carbons (Fsp3) is 0.929. The van der Waals surface area contributed by atoms with E-state index in [1.54, 1.807) is 0 Å². The monoisotopic (exact) mass is 254 g/mol. The number of nitrogens with one attached hydrogen (secondary N) is 1. The van der Waals surface area contributed by atoms with E-state index < -0.39 is 0 Å². The summed E-state index contributed by atoms with van der Waals surface area (Å²) in [6, 6.07) is 0.445. The molecule has 0 bridgehead atoms. The van der Waals surface area contributed by atoms with Crippen molar-refractivity contribution in [1.82, 2.24) is 10.2 Å². The minimum absolute atomic E-state index is 0.131. The van der Waals surface area contributed by atoms with Crippen LogP contribution in [-0.2, 0) is 9.53 Å². The van der Waals surface area contributed by atoms with E-state index in [2.05, 4.69) is 10.2 Å². The predicted molar refractivity (Wildman–Crippen MR) is 71.4 cm³/mol. The zero-order valence-electron chi connectivity index (χ0n) is 11.7. The SMILES string of the molecule is CC(C)OCC(=O)N1CCCC1C1CCCNC1. The van der Waals surface area contributed by atoms with Crippen molar-refractivity contribution in [3.63, 3.8) is 0 Å². The van der Waals surface area contributed by atoms with E-state index in [4.69, 9.17) is 4.74 Å². The van der Waals surface area contributed by atoms with Crippen molar-refractivity contribution >= 4 is 5.91 Å². The van der Waals surface area contributed by atoms with Crippen LogP contribution in [-0.4, -0.2) is 49.2 Å². The number of nitrogens with zero attached hydrogens (tertiary/aromatic N) is 1. The fourth-order valence-corrected chi connectivity index (χ4v) is 3.12. The Labute approximate surface area is 110 Å². The average Bonchev–Trinajstić information content (AvgIpc) is 2.86. The number of carbonyl (C=O) groups excluding carboxylic acids is 1. The van der Waals surface area contributed by atoms with E-state index in [9.17, 15) is 4.79 Å². The lowest BCUT2D eigenvalue weighted by Gasteiger charge is -2.34. The molecule has 2 atom stereocenters. The molecule has 4 heteroatoms. The van der Waals surface area contributed by atoms with Crippen LogP contribution in [0.4, 0.5) is 0 Å². The van der Waals surface area contributed by atoms with Crippen LogP contribution in [0.25, 0.3) is 0 Å². The second kappa shape index (κ2) is 6.53. The Balaban J connectivity index is 1.87. The van der Waals surface area contributed by atoms with Crippen LogP contribution in [0.2, 0.25) is 0 Å². The fourth-order valence-electron chi connectivity index (χ4n) is 3.12. The Morgan fingerprint density at radius 2 is 2.22 bits per heavy atom. The van der Waals surface area contributed by atoms with Gasteiger partial charge in [0.05, 0.1) is 6.10 Å². The summed E-state index contributed by atoms with van der Waals surface area (Å²) in [5, 5.41) is 3.45. The van der Waals surface area contributed by atoms with Gasteiger partial charge in [0.15, 0.2) is 0 Å². The van der Waals surface area contributed by atoms with E-state index in [1.165, 1.54) is 19.3 Å². The normalized spacial score (nSPS) is 28.9. The number of carbonyl (C=O) groups is 1. The summed E-state index contributed by atoms with van der Waals surface area (Å²) in [6.45, 7) is 7.31. The van der Waals surface area contributed by atoms with Gasteiger partial charge in [-0.05, 0) is 58.5 Å². The molecule has 2 unspecified atom stereocenters. The number of piperidine rings is 1. The van der Waals surface area contributed by atoms with Crippen LogP contribution >= 0.6 is 0 Å². The van der Waals surface area contributed by atoms with Gasteiger partial charge in [0.2, 0.25) is 5.91 Å². The van der Waals surface area contributed by atoms with Gasteiger partial charge in [0, 0.05) is 12.6 Å². The lowest BCUT2D eigenvalue weighted by Crippen LogP contribution is -2.46. The number of rotatable bonds is 4. The molecule has 2 aliphatic rings. The molecule has 0 saturated carbocycles. The summed E-state index contributed by atoms with van der Waals surface area (Å²) in [5.41, 5.74) is 0. The molecule has 2 aliphatic heterocycles. The first-order chi connectivity index (χ1) is 8.68. The predicted octanol–water partition coefficient (Wildman–Crippen LogP) is 1.40. The Morgan fingerprint density at radius 1 is 1.39 bits per heavy atom. The van der Waals surface area contributed by atoms with Crippen LogP contribution < -0.4 is 5.32 Å². The molecule has 0 aliphatic carbocycles. The summed E-state index contributed by atoms with van der Waals surface area (Å²) < 4.78 is 5.44. The highest BCUT2D eigenvalue weighted by molar-refractivity contribution is 5.78. The smallest absolute Gasteiger partial charge is 0.248 e. The summed E-state index contributed by atoms with van der Waals surface area (Å²) in [7, 11) is 0. The highest BCUT2D eigenvalue weighted by atomic mass is 16.5. The van der Waals surface area contributed by atoms with Crippen LogP contribution in [0.3, 0.4) is 0 Å². The zero-order chi connectivity index (χ0) is 13.0. The first-order valence-corrected chi connectivity index (χ1v) is 7.30. The maximum Gasteiger partial charge on any atom is 0.248 e. The van der Waals surface area contributed by atoms with Crippen LogP contribution in [0, 0.1) is 5.92 Å². The molecule has 2 fully saturated rings. The zero-order valence-corrected chi connectivity index (χ0v) is 11.7. The maximum absolute atomic E-state index is 12.2. The van der Waals surface area contributed by atoms with Gasteiger partial charge in [0.1, 0.15) is 6.61 Å². The standard InChI is InChI=1S/C14H26N2O2/c1-11(2)18-10-14(17)16-8-4-6-13(16)12-5-3-7-15-9-12/h11-13,15H,3-10H2,1-2H3. The maximum atomic E-state index is 12.2. The van der Waals surface area contributed by atoms with Gasteiger partial charge in [-0.3, -0.25) is 4.79 Å². The first-order valence-electron chi connectivity index (χ1n) is 7.30. The first kappa shape index (κ1) is 13.8. The number of hydrogen-bond acceptors (Lipinski definition) is 3. The highest BCUT2D eigenvalue weighted by Crippen LogP contribution is 2.28. The minimum Gasteiger partial charge on any atom is -0.369 e.